The molecule has 0 unspecified atom stereocenters. The van der Waals surface area contributed by atoms with Crippen LogP contribution in [-0.2, 0) is 24.3 Å². The third-order valence-corrected chi connectivity index (χ3v) is 11.6. The molecule has 5 rings (SSSR count). The number of thiophene rings is 2. The molecule has 9 nitrogen and oxygen atoms in total. The smallest absolute Gasteiger partial charge is 0.250 e. The Morgan fingerprint density at radius 3 is 2.51 bits per heavy atom. The molecule has 0 aromatic carbocycles. The molecule has 3 saturated heterocycles. The number of hydrogen-bond acceptors (Lipinski definition) is 8. The molecule has 5 heterocycles. The van der Waals surface area contributed by atoms with E-state index in [1.54, 1.807) is 18.2 Å². The van der Waals surface area contributed by atoms with Crippen LogP contribution < -0.4 is 4.72 Å². The molecule has 2 amide bonds. The molecule has 3 aliphatic rings. The number of carbonyl (C=O) groups is 2. The van der Waals surface area contributed by atoms with Crippen LogP contribution in [0.1, 0.15) is 25.7 Å². The lowest BCUT2D eigenvalue weighted by Crippen LogP contribution is -2.55. The van der Waals surface area contributed by atoms with E-state index in [1.807, 2.05) is 11.0 Å². The summed E-state index contributed by atoms with van der Waals surface area (Å²) in [7, 11) is -3.88. The molecule has 202 valence electrons. The standard InChI is InChI=1S/C24H31ClN4O5S3/c25-21-7-5-19(35-21)20-6-8-23(36-20)37(32,33)26-18-4-2-9-28(24(18)31)16-22(30)29-10-1-3-17(29)15-27-11-13-34-14-12-27/h5-8,17-18,26H,1-4,9-16H2/t17-,18+/m0/s1. The van der Waals surface area contributed by atoms with Gasteiger partial charge < -0.3 is 14.5 Å². The van der Waals surface area contributed by atoms with Gasteiger partial charge in [0.1, 0.15) is 10.3 Å². The van der Waals surface area contributed by atoms with E-state index in [0.29, 0.717) is 30.3 Å². The van der Waals surface area contributed by atoms with Gasteiger partial charge in [0.15, 0.2) is 0 Å². The molecular weight excluding hydrogens is 556 g/mol. The first-order valence-electron chi connectivity index (χ1n) is 12.6. The van der Waals surface area contributed by atoms with E-state index in [1.165, 1.54) is 16.2 Å². The molecule has 2 aromatic rings. The molecule has 3 fully saturated rings. The maximum absolute atomic E-state index is 13.2. The van der Waals surface area contributed by atoms with Crippen molar-refractivity contribution in [1.82, 2.24) is 19.4 Å². The molecule has 0 aliphatic carbocycles. The van der Waals surface area contributed by atoms with Crippen LogP contribution in [0.2, 0.25) is 4.34 Å². The molecule has 2 aromatic heterocycles. The summed E-state index contributed by atoms with van der Waals surface area (Å²) < 4.78 is 35.0. The van der Waals surface area contributed by atoms with Gasteiger partial charge in [-0.3, -0.25) is 14.5 Å². The highest BCUT2D eigenvalue weighted by Gasteiger charge is 2.36. The molecule has 0 spiro atoms. The fourth-order valence-corrected chi connectivity index (χ4v) is 8.87. The number of morpholine rings is 1. The van der Waals surface area contributed by atoms with Gasteiger partial charge in [0.2, 0.25) is 11.8 Å². The van der Waals surface area contributed by atoms with E-state index < -0.39 is 16.1 Å². The topological polar surface area (TPSA) is 99.3 Å². The molecule has 37 heavy (non-hydrogen) atoms. The number of sulfonamides is 1. The van der Waals surface area contributed by atoms with Gasteiger partial charge in [-0.25, -0.2) is 8.42 Å². The van der Waals surface area contributed by atoms with Crippen molar-refractivity contribution in [1.29, 1.82) is 0 Å². The van der Waals surface area contributed by atoms with Gasteiger partial charge in [0, 0.05) is 48.5 Å². The predicted molar refractivity (Wildman–Crippen MR) is 145 cm³/mol. The zero-order chi connectivity index (χ0) is 26.0. The predicted octanol–water partition coefficient (Wildman–Crippen LogP) is 2.72. The average molecular weight is 587 g/mol. The van der Waals surface area contributed by atoms with Gasteiger partial charge in [-0.1, -0.05) is 11.6 Å². The highest BCUT2D eigenvalue weighted by atomic mass is 35.5. The Bertz CT molecular complexity index is 1230. The zero-order valence-electron chi connectivity index (χ0n) is 20.4. The maximum Gasteiger partial charge on any atom is 0.250 e. The van der Waals surface area contributed by atoms with Crippen LogP contribution in [0.15, 0.2) is 28.5 Å². The minimum absolute atomic E-state index is 0.0149. The minimum Gasteiger partial charge on any atom is -0.379 e. The first-order chi connectivity index (χ1) is 17.8. The summed E-state index contributed by atoms with van der Waals surface area (Å²) in [5, 5.41) is 0. The van der Waals surface area contributed by atoms with E-state index in [2.05, 4.69) is 9.62 Å². The van der Waals surface area contributed by atoms with Crippen molar-refractivity contribution in [3.8, 4) is 9.75 Å². The number of likely N-dealkylation sites (tertiary alicyclic amines) is 2. The van der Waals surface area contributed by atoms with Gasteiger partial charge in [-0.05, 0) is 49.9 Å². The molecule has 0 bridgehead atoms. The Morgan fingerprint density at radius 1 is 1.03 bits per heavy atom. The summed E-state index contributed by atoms with van der Waals surface area (Å²) in [5.74, 6) is -0.404. The number of rotatable bonds is 8. The van der Waals surface area contributed by atoms with E-state index in [4.69, 9.17) is 16.3 Å². The van der Waals surface area contributed by atoms with Crippen LogP contribution in [0.25, 0.3) is 9.75 Å². The molecule has 2 atom stereocenters. The number of nitrogens with one attached hydrogen (secondary N) is 1. The highest BCUT2D eigenvalue weighted by molar-refractivity contribution is 7.91. The summed E-state index contributed by atoms with van der Waals surface area (Å²) in [4.78, 5) is 33.9. The Labute approximate surface area is 230 Å². The van der Waals surface area contributed by atoms with Crippen LogP contribution in [0, 0.1) is 0 Å². The molecule has 0 saturated carbocycles. The summed E-state index contributed by atoms with van der Waals surface area (Å²) in [6, 6.07) is 6.19. The third-order valence-electron chi connectivity index (χ3n) is 7.09. The van der Waals surface area contributed by atoms with Crippen molar-refractivity contribution in [2.75, 3.05) is 52.5 Å². The second-order valence-electron chi connectivity index (χ2n) is 9.59. The van der Waals surface area contributed by atoms with E-state index >= 15 is 0 Å². The summed E-state index contributed by atoms with van der Waals surface area (Å²) in [5.41, 5.74) is 0. The Morgan fingerprint density at radius 2 is 1.76 bits per heavy atom. The van der Waals surface area contributed by atoms with Crippen molar-refractivity contribution in [2.24, 2.45) is 0 Å². The van der Waals surface area contributed by atoms with Crippen LogP contribution in [0.3, 0.4) is 0 Å². The second-order valence-corrected chi connectivity index (χ2v) is 14.3. The van der Waals surface area contributed by atoms with Crippen LogP contribution >= 0.6 is 34.3 Å². The molecular formula is C24H31ClN4O5S3. The molecule has 1 N–H and O–H groups in total. The summed E-state index contributed by atoms with van der Waals surface area (Å²) >= 11 is 8.54. The maximum atomic E-state index is 13.2. The zero-order valence-corrected chi connectivity index (χ0v) is 23.6. The van der Waals surface area contributed by atoms with Crippen LogP contribution in [0.4, 0.5) is 0 Å². The van der Waals surface area contributed by atoms with Crippen LogP contribution in [0.5, 0.6) is 0 Å². The molecule has 13 heteroatoms. The monoisotopic (exact) mass is 586 g/mol. The largest absolute Gasteiger partial charge is 0.379 e. The van der Waals surface area contributed by atoms with Gasteiger partial charge in [-0.15, -0.1) is 22.7 Å². The lowest BCUT2D eigenvalue weighted by Gasteiger charge is -2.35. The van der Waals surface area contributed by atoms with Crippen LogP contribution in [-0.4, -0.2) is 99.5 Å². The van der Waals surface area contributed by atoms with Gasteiger partial charge >= 0.3 is 0 Å². The Kier molecular flexibility index (Phi) is 8.54. The third kappa shape index (κ3) is 6.38. The lowest BCUT2D eigenvalue weighted by molar-refractivity contribution is -0.143. The number of ether oxygens (including phenoxy) is 1. The Hall–Kier alpha value is -1.54. The van der Waals surface area contributed by atoms with E-state index in [-0.39, 0.29) is 28.6 Å². The average Bonchev–Trinajstić information content (AvgIpc) is 3.63. The van der Waals surface area contributed by atoms with E-state index in [9.17, 15) is 18.0 Å². The number of nitrogens with zero attached hydrogens (tertiary/aromatic N) is 3. The molecule has 3 aliphatic heterocycles. The van der Waals surface area contributed by atoms with E-state index in [0.717, 1.165) is 66.8 Å². The first-order valence-corrected chi connectivity index (χ1v) is 16.1. The highest BCUT2D eigenvalue weighted by Crippen LogP contribution is 2.37. The lowest BCUT2D eigenvalue weighted by atomic mass is 10.1. The first kappa shape index (κ1) is 27.0. The Balaban J connectivity index is 1.19. The molecule has 0 radical (unpaired) electrons. The van der Waals surface area contributed by atoms with Gasteiger partial charge in [0.05, 0.1) is 24.1 Å². The number of halogens is 1. The minimum atomic E-state index is -3.88. The summed E-state index contributed by atoms with van der Waals surface area (Å²) in [6.45, 7) is 5.14. The second kappa shape index (κ2) is 11.7. The quantitative estimate of drug-likeness (QED) is 0.511. The van der Waals surface area contributed by atoms with Gasteiger partial charge in [0.25, 0.3) is 10.0 Å². The number of hydrogen-bond donors (Lipinski definition) is 1. The summed E-state index contributed by atoms with van der Waals surface area (Å²) in [6.07, 6.45) is 2.95. The normalized spacial score (nSPS) is 23.6. The SMILES string of the molecule is O=C1[C@H](NS(=O)(=O)c2ccc(-c3ccc(Cl)s3)s2)CCCN1CC(=O)N1CCC[C@H]1CN1CCOCC1. The van der Waals surface area contributed by atoms with Crippen molar-refractivity contribution in [2.45, 2.75) is 42.0 Å². The van der Waals surface area contributed by atoms with Crippen molar-refractivity contribution < 1.29 is 22.7 Å². The van der Waals surface area contributed by atoms with Gasteiger partial charge in [-0.2, -0.15) is 4.72 Å². The fraction of sp³-hybridized carbons (Fsp3) is 0.583. The fourth-order valence-electron chi connectivity index (χ4n) is 5.19. The number of piperidine rings is 1. The number of amides is 2. The number of carbonyl (C=O) groups excluding carboxylic acids is 2. The van der Waals surface area contributed by atoms with Crippen molar-refractivity contribution >= 4 is 56.1 Å². The van der Waals surface area contributed by atoms with Crippen molar-refractivity contribution in [3.63, 3.8) is 0 Å². The van der Waals surface area contributed by atoms with Crippen molar-refractivity contribution in [3.05, 3.63) is 28.6 Å².